The number of aliphatic hydroxyl groups is 1. The summed E-state index contributed by atoms with van der Waals surface area (Å²) >= 11 is 0. The predicted octanol–water partition coefficient (Wildman–Crippen LogP) is 2.97. The Bertz CT molecular complexity index is 357. The predicted molar refractivity (Wildman–Crippen MR) is 65.0 cm³/mol. The monoisotopic (exact) mass is 218 g/mol. The van der Waals surface area contributed by atoms with Crippen molar-refractivity contribution in [3.8, 4) is 17.8 Å². The zero-order chi connectivity index (χ0) is 11.9. The molecule has 0 saturated carbocycles. The summed E-state index contributed by atoms with van der Waals surface area (Å²) in [5.41, 5.74) is -0.954. The van der Waals surface area contributed by atoms with Crippen LogP contribution in [0.4, 0.5) is 0 Å². The molecular weight excluding hydrogens is 200 g/mol. The molecule has 2 nitrogen and oxygen atoms in total. The van der Waals surface area contributed by atoms with Crippen LogP contribution in [0.5, 0.6) is 5.75 Å². The smallest absolute Gasteiger partial charge is 0.140 e. The second-order valence-corrected chi connectivity index (χ2v) is 4.02. The van der Waals surface area contributed by atoms with Crippen LogP contribution in [0, 0.1) is 12.0 Å². The van der Waals surface area contributed by atoms with Gasteiger partial charge >= 0.3 is 0 Å². The van der Waals surface area contributed by atoms with Gasteiger partial charge in [-0.05, 0) is 37.8 Å². The molecule has 0 saturated heterocycles. The number of unbranched alkanes of at least 4 members (excludes halogenated alkanes) is 1. The van der Waals surface area contributed by atoms with E-state index >= 15 is 0 Å². The van der Waals surface area contributed by atoms with E-state index < -0.39 is 5.60 Å². The molecule has 1 aromatic rings. The first-order valence-electron chi connectivity index (χ1n) is 5.60. The van der Waals surface area contributed by atoms with Crippen molar-refractivity contribution in [2.24, 2.45) is 0 Å². The molecule has 1 unspecified atom stereocenters. The Balaban J connectivity index is 2.48. The highest BCUT2D eigenvalue weighted by Gasteiger charge is 2.15. The highest BCUT2D eigenvalue weighted by Crippen LogP contribution is 2.12. The molecule has 0 heterocycles. The summed E-state index contributed by atoms with van der Waals surface area (Å²) in [6.45, 7) is 3.80. The molecule has 0 aromatic heterocycles. The summed E-state index contributed by atoms with van der Waals surface area (Å²) in [5.74, 6) is 3.42. The lowest BCUT2D eigenvalue weighted by atomic mass is 10.0. The Labute approximate surface area is 97.3 Å². The molecule has 0 amide bonds. The molecule has 0 spiro atoms. The molecule has 16 heavy (non-hydrogen) atoms. The van der Waals surface area contributed by atoms with Gasteiger partial charge in [-0.2, -0.15) is 0 Å². The first-order valence-corrected chi connectivity index (χ1v) is 5.60. The molecule has 0 aliphatic rings. The Hall–Kier alpha value is -1.46. The van der Waals surface area contributed by atoms with E-state index in [4.69, 9.17) is 4.74 Å². The van der Waals surface area contributed by atoms with Crippen LogP contribution in [0.1, 0.15) is 33.1 Å². The van der Waals surface area contributed by atoms with Gasteiger partial charge in [-0.3, -0.25) is 0 Å². The van der Waals surface area contributed by atoms with Gasteiger partial charge in [-0.1, -0.05) is 31.5 Å². The number of ether oxygens (including phenoxy) is 1. The van der Waals surface area contributed by atoms with Crippen LogP contribution in [0.15, 0.2) is 30.3 Å². The fourth-order valence-corrected chi connectivity index (χ4v) is 1.27. The van der Waals surface area contributed by atoms with Crippen molar-refractivity contribution in [3.05, 3.63) is 30.3 Å². The molecule has 2 heteroatoms. The summed E-state index contributed by atoms with van der Waals surface area (Å²) in [6, 6.07) is 9.33. The number of hydrogen-bond donors (Lipinski definition) is 1. The Kier molecular flexibility index (Phi) is 4.88. The van der Waals surface area contributed by atoms with Crippen molar-refractivity contribution in [3.63, 3.8) is 0 Å². The Morgan fingerprint density at radius 1 is 1.31 bits per heavy atom. The van der Waals surface area contributed by atoms with Crippen molar-refractivity contribution in [2.45, 2.75) is 38.7 Å². The minimum absolute atomic E-state index is 0.675. The van der Waals surface area contributed by atoms with Crippen molar-refractivity contribution in [1.29, 1.82) is 0 Å². The van der Waals surface area contributed by atoms with E-state index in [2.05, 4.69) is 19.0 Å². The molecule has 86 valence electrons. The van der Waals surface area contributed by atoms with Crippen LogP contribution >= 0.6 is 0 Å². The van der Waals surface area contributed by atoms with Gasteiger partial charge < -0.3 is 9.84 Å². The molecular formula is C14H18O2. The van der Waals surface area contributed by atoms with E-state index in [1.807, 2.05) is 30.3 Å². The fraction of sp³-hybridized carbons (Fsp3) is 0.429. The maximum atomic E-state index is 9.87. The highest BCUT2D eigenvalue weighted by molar-refractivity contribution is 5.23. The summed E-state index contributed by atoms with van der Waals surface area (Å²) in [7, 11) is 0. The van der Waals surface area contributed by atoms with E-state index in [1.165, 1.54) is 0 Å². The first kappa shape index (κ1) is 12.6. The third-order valence-corrected chi connectivity index (χ3v) is 2.25. The first-order chi connectivity index (χ1) is 7.64. The third kappa shape index (κ3) is 4.86. The summed E-state index contributed by atoms with van der Waals surface area (Å²) < 4.78 is 5.20. The normalized spacial score (nSPS) is 13.4. The molecule has 0 fully saturated rings. The number of rotatable bonds is 4. The molecule has 0 bridgehead atoms. The zero-order valence-electron chi connectivity index (χ0n) is 9.86. The second kappa shape index (κ2) is 6.19. The SMILES string of the molecule is CCCCC(C)(O)C#COc1ccccc1. The van der Waals surface area contributed by atoms with Gasteiger partial charge in [0.25, 0.3) is 0 Å². The lowest BCUT2D eigenvalue weighted by Crippen LogP contribution is -2.21. The summed E-state index contributed by atoms with van der Waals surface area (Å²) in [4.78, 5) is 0. The van der Waals surface area contributed by atoms with Crippen LogP contribution in [-0.2, 0) is 0 Å². The minimum Gasteiger partial charge on any atom is -0.407 e. The van der Waals surface area contributed by atoms with Gasteiger partial charge in [0.15, 0.2) is 0 Å². The van der Waals surface area contributed by atoms with Crippen LogP contribution in [0.3, 0.4) is 0 Å². The quantitative estimate of drug-likeness (QED) is 0.787. The van der Waals surface area contributed by atoms with Gasteiger partial charge in [-0.15, -0.1) is 0 Å². The number of para-hydroxylation sites is 1. The average molecular weight is 218 g/mol. The van der Waals surface area contributed by atoms with Crippen LogP contribution in [0.2, 0.25) is 0 Å². The van der Waals surface area contributed by atoms with Crippen molar-refractivity contribution < 1.29 is 9.84 Å². The van der Waals surface area contributed by atoms with E-state index in [-0.39, 0.29) is 0 Å². The van der Waals surface area contributed by atoms with Crippen LogP contribution < -0.4 is 4.74 Å². The van der Waals surface area contributed by atoms with Crippen molar-refractivity contribution in [2.75, 3.05) is 0 Å². The Morgan fingerprint density at radius 2 is 2.00 bits per heavy atom. The van der Waals surface area contributed by atoms with Gasteiger partial charge in [0.05, 0.1) is 0 Å². The van der Waals surface area contributed by atoms with Gasteiger partial charge in [-0.25, -0.2) is 0 Å². The molecule has 0 aliphatic heterocycles. The van der Waals surface area contributed by atoms with Crippen molar-refractivity contribution >= 4 is 0 Å². The molecule has 1 N–H and O–H groups in total. The minimum atomic E-state index is -0.954. The highest BCUT2D eigenvalue weighted by atomic mass is 16.5. The fourth-order valence-electron chi connectivity index (χ4n) is 1.27. The average Bonchev–Trinajstić information content (AvgIpc) is 2.28. The molecule has 1 atom stereocenters. The molecule has 0 aliphatic carbocycles. The van der Waals surface area contributed by atoms with Crippen LogP contribution in [0.25, 0.3) is 0 Å². The topological polar surface area (TPSA) is 29.5 Å². The molecule has 1 rings (SSSR count). The number of benzene rings is 1. The summed E-state index contributed by atoms with van der Waals surface area (Å²) in [5, 5.41) is 9.87. The molecule has 1 aromatic carbocycles. The maximum Gasteiger partial charge on any atom is 0.140 e. The van der Waals surface area contributed by atoms with Gasteiger partial charge in [0.1, 0.15) is 17.5 Å². The summed E-state index contributed by atoms with van der Waals surface area (Å²) in [6.07, 6.45) is 5.24. The Morgan fingerprint density at radius 3 is 2.62 bits per heavy atom. The van der Waals surface area contributed by atoms with Gasteiger partial charge in [0, 0.05) is 0 Å². The van der Waals surface area contributed by atoms with Crippen LogP contribution in [-0.4, -0.2) is 10.7 Å². The van der Waals surface area contributed by atoms with Gasteiger partial charge in [0.2, 0.25) is 0 Å². The van der Waals surface area contributed by atoms with E-state index in [0.29, 0.717) is 12.2 Å². The largest absolute Gasteiger partial charge is 0.407 e. The lowest BCUT2D eigenvalue weighted by Gasteiger charge is -2.14. The van der Waals surface area contributed by atoms with E-state index in [9.17, 15) is 5.11 Å². The molecule has 0 radical (unpaired) electrons. The standard InChI is InChI=1S/C14H18O2/c1-3-4-10-14(2,15)11-12-16-13-8-6-5-7-9-13/h5-9,15H,3-4,10H2,1-2H3. The lowest BCUT2D eigenvalue weighted by molar-refractivity contribution is 0.109. The maximum absolute atomic E-state index is 9.87. The second-order valence-electron chi connectivity index (χ2n) is 4.02. The third-order valence-electron chi connectivity index (χ3n) is 2.25. The number of hydrogen-bond acceptors (Lipinski definition) is 2. The van der Waals surface area contributed by atoms with E-state index in [0.717, 1.165) is 12.8 Å². The van der Waals surface area contributed by atoms with Crippen molar-refractivity contribution in [1.82, 2.24) is 0 Å². The zero-order valence-corrected chi connectivity index (χ0v) is 9.86. The van der Waals surface area contributed by atoms with E-state index in [1.54, 1.807) is 6.92 Å².